The molecule has 0 fully saturated rings. The van der Waals surface area contributed by atoms with E-state index in [-0.39, 0.29) is 24.0 Å². The molecule has 0 aromatic heterocycles. The third kappa shape index (κ3) is 7.18. The minimum atomic E-state index is -0.724. The van der Waals surface area contributed by atoms with Crippen molar-refractivity contribution in [3.8, 4) is 0 Å². The van der Waals surface area contributed by atoms with E-state index in [1.807, 2.05) is 50.2 Å². The molecular weight excluding hydrogens is 366 g/mol. The number of Topliss-reactive ketones (excluding diaryl/α,β-unsaturated/α-hetero) is 1. The van der Waals surface area contributed by atoms with Gasteiger partial charge in [0.15, 0.2) is 5.78 Å². The average molecular weight is 395 g/mol. The maximum absolute atomic E-state index is 13.1. The van der Waals surface area contributed by atoms with Crippen LogP contribution in [-0.2, 0) is 20.7 Å². The second kappa shape index (κ2) is 11.1. The molecule has 2 aromatic rings. The number of ketones is 1. The van der Waals surface area contributed by atoms with Crippen LogP contribution < -0.4 is 5.32 Å². The fourth-order valence-corrected chi connectivity index (χ4v) is 3.24. The van der Waals surface area contributed by atoms with Crippen LogP contribution in [0.4, 0.5) is 0 Å². The number of hydrogen-bond acceptors (Lipinski definition) is 4. The Morgan fingerprint density at radius 3 is 2.07 bits per heavy atom. The van der Waals surface area contributed by atoms with Crippen molar-refractivity contribution < 1.29 is 19.1 Å². The predicted molar refractivity (Wildman–Crippen MR) is 112 cm³/mol. The van der Waals surface area contributed by atoms with E-state index >= 15 is 0 Å². The van der Waals surface area contributed by atoms with Crippen molar-refractivity contribution in [3.63, 3.8) is 0 Å². The van der Waals surface area contributed by atoms with E-state index in [2.05, 4.69) is 5.32 Å². The number of methoxy groups -OCH3 is 1. The van der Waals surface area contributed by atoms with Gasteiger partial charge in [0.05, 0.1) is 7.11 Å². The molecule has 0 heterocycles. The molecule has 0 spiro atoms. The number of nitrogens with one attached hydrogen (secondary N) is 1. The van der Waals surface area contributed by atoms with Crippen molar-refractivity contribution in [1.29, 1.82) is 0 Å². The van der Waals surface area contributed by atoms with Gasteiger partial charge >= 0.3 is 5.97 Å². The van der Waals surface area contributed by atoms with Gasteiger partial charge < -0.3 is 10.1 Å². The number of benzene rings is 2. The van der Waals surface area contributed by atoms with E-state index in [0.29, 0.717) is 18.4 Å². The van der Waals surface area contributed by atoms with Gasteiger partial charge in [-0.05, 0) is 24.3 Å². The van der Waals surface area contributed by atoms with Crippen LogP contribution in [0.25, 0.3) is 0 Å². The lowest BCUT2D eigenvalue weighted by Gasteiger charge is -2.22. The first kappa shape index (κ1) is 22.3. The Balaban J connectivity index is 2.19. The molecule has 0 unspecified atom stereocenters. The molecule has 1 amide bonds. The molecule has 0 bridgehead atoms. The zero-order valence-electron chi connectivity index (χ0n) is 17.3. The first-order valence-electron chi connectivity index (χ1n) is 9.91. The Bertz CT molecular complexity index is 802. The van der Waals surface area contributed by atoms with E-state index in [1.54, 1.807) is 24.3 Å². The second-order valence-electron chi connectivity index (χ2n) is 7.59. The van der Waals surface area contributed by atoms with Gasteiger partial charge in [0.2, 0.25) is 5.91 Å². The summed E-state index contributed by atoms with van der Waals surface area (Å²) in [5, 5.41) is 2.81. The lowest BCUT2D eigenvalue weighted by atomic mass is 9.90. The SMILES string of the molecule is COC(=O)[C@H](CC(C)C)NC(=O)[C@H](CC(=O)c1ccccc1)Cc1ccccc1. The largest absolute Gasteiger partial charge is 0.467 e. The highest BCUT2D eigenvalue weighted by Gasteiger charge is 2.28. The summed E-state index contributed by atoms with van der Waals surface area (Å²) in [7, 11) is 1.31. The van der Waals surface area contributed by atoms with Crippen molar-refractivity contribution in [2.24, 2.45) is 11.8 Å². The maximum Gasteiger partial charge on any atom is 0.328 e. The summed E-state index contributed by atoms with van der Waals surface area (Å²) in [6.07, 6.45) is 0.963. The fraction of sp³-hybridized carbons (Fsp3) is 0.375. The molecule has 2 aromatic carbocycles. The molecule has 0 aliphatic heterocycles. The van der Waals surface area contributed by atoms with Crippen molar-refractivity contribution >= 4 is 17.7 Å². The van der Waals surface area contributed by atoms with Gasteiger partial charge in [-0.1, -0.05) is 74.5 Å². The van der Waals surface area contributed by atoms with E-state index in [4.69, 9.17) is 4.74 Å². The first-order chi connectivity index (χ1) is 13.9. The lowest BCUT2D eigenvalue weighted by Crippen LogP contribution is -2.45. The minimum Gasteiger partial charge on any atom is -0.467 e. The monoisotopic (exact) mass is 395 g/mol. The molecule has 154 valence electrons. The maximum atomic E-state index is 13.1. The quantitative estimate of drug-likeness (QED) is 0.490. The lowest BCUT2D eigenvalue weighted by molar-refractivity contribution is -0.146. The van der Waals surface area contributed by atoms with E-state index < -0.39 is 17.9 Å². The number of carbonyl (C=O) groups excluding carboxylic acids is 3. The molecule has 0 saturated carbocycles. The Labute approximate surface area is 172 Å². The standard InChI is InChI=1S/C24H29NO4/c1-17(2)14-21(24(28)29-3)25-23(27)20(15-18-10-6-4-7-11-18)16-22(26)19-12-8-5-9-13-19/h4-13,17,20-21H,14-16H2,1-3H3,(H,25,27)/t20-,21-/m0/s1. The van der Waals surface area contributed by atoms with E-state index in [0.717, 1.165) is 5.56 Å². The number of esters is 1. The van der Waals surface area contributed by atoms with Crippen LogP contribution in [0, 0.1) is 11.8 Å². The van der Waals surface area contributed by atoms with E-state index in [9.17, 15) is 14.4 Å². The molecule has 1 N–H and O–H groups in total. The van der Waals surface area contributed by atoms with Gasteiger partial charge in [-0.3, -0.25) is 9.59 Å². The van der Waals surface area contributed by atoms with E-state index in [1.165, 1.54) is 7.11 Å². The van der Waals surface area contributed by atoms with Crippen molar-refractivity contribution in [2.75, 3.05) is 7.11 Å². The minimum absolute atomic E-state index is 0.0698. The summed E-state index contributed by atoms with van der Waals surface area (Å²) < 4.78 is 4.84. The number of rotatable bonds is 10. The summed E-state index contributed by atoms with van der Waals surface area (Å²) in [4.78, 5) is 37.9. The van der Waals surface area contributed by atoms with Crippen LogP contribution in [0.15, 0.2) is 60.7 Å². The molecule has 29 heavy (non-hydrogen) atoms. The Kier molecular flexibility index (Phi) is 8.59. The van der Waals surface area contributed by atoms with Gasteiger partial charge in [0.25, 0.3) is 0 Å². The molecule has 0 aliphatic rings. The van der Waals surface area contributed by atoms with Crippen LogP contribution in [0.2, 0.25) is 0 Å². The predicted octanol–water partition coefficient (Wildman–Crippen LogP) is 3.82. The van der Waals surface area contributed by atoms with Crippen molar-refractivity contribution in [2.45, 2.75) is 39.2 Å². The first-order valence-corrected chi connectivity index (χ1v) is 9.91. The van der Waals surface area contributed by atoms with Crippen LogP contribution in [0.5, 0.6) is 0 Å². The topological polar surface area (TPSA) is 72.5 Å². The zero-order chi connectivity index (χ0) is 21.2. The number of ether oxygens (including phenoxy) is 1. The number of carbonyl (C=O) groups is 3. The Hall–Kier alpha value is -2.95. The van der Waals surface area contributed by atoms with Gasteiger partial charge in [-0.15, -0.1) is 0 Å². The second-order valence-corrected chi connectivity index (χ2v) is 7.59. The summed E-state index contributed by atoms with van der Waals surface area (Å²) >= 11 is 0. The van der Waals surface area contributed by atoms with Gasteiger partial charge in [-0.2, -0.15) is 0 Å². The molecule has 2 atom stereocenters. The average Bonchev–Trinajstić information content (AvgIpc) is 2.73. The molecule has 0 saturated heterocycles. The molecule has 5 nitrogen and oxygen atoms in total. The Morgan fingerprint density at radius 2 is 1.52 bits per heavy atom. The van der Waals surface area contributed by atoms with Crippen molar-refractivity contribution in [3.05, 3.63) is 71.8 Å². The molecule has 0 radical (unpaired) electrons. The van der Waals surface area contributed by atoms with Crippen LogP contribution in [-0.4, -0.2) is 30.8 Å². The van der Waals surface area contributed by atoms with Crippen molar-refractivity contribution in [1.82, 2.24) is 5.32 Å². The highest BCUT2D eigenvalue weighted by atomic mass is 16.5. The van der Waals surface area contributed by atoms with Gasteiger partial charge in [-0.25, -0.2) is 4.79 Å². The smallest absolute Gasteiger partial charge is 0.328 e. The number of amides is 1. The summed E-state index contributed by atoms with van der Waals surface area (Å²) in [6, 6.07) is 17.8. The molecule has 5 heteroatoms. The molecule has 0 aliphatic carbocycles. The highest BCUT2D eigenvalue weighted by molar-refractivity contribution is 5.99. The summed E-state index contributed by atoms with van der Waals surface area (Å²) in [5.74, 6) is -1.25. The molecular formula is C24H29NO4. The third-order valence-corrected chi connectivity index (χ3v) is 4.73. The normalized spacial score (nSPS) is 12.8. The van der Waals surface area contributed by atoms with Crippen LogP contribution in [0.3, 0.4) is 0 Å². The van der Waals surface area contributed by atoms with Crippen LogP contribution >= 0.6 is 0 Å². The third-order valence-electron chi connectivity index (χ3n) is 4.73. The van der Waals surface area contributed by atoms with Gasteiger partial charge in [0.1, 0.15) is 6.04 Å². The van der Waals surface area contributed by atoms with Crippen LogP contribution in [0.1, 0.15) is 42.6 Å². The zero-order valence-corrected chi connectivity index (χ0v) is 17.3. The number of hydrogen-bond donors (Lipinski definition) is 1. The fourth-order valence-electron chi connectivity index (χ4n) is 3.24. The molecule has 2 rings (SSSR count). The summed E-state index contributed by atoms with van der Waals surface area (Å²) in [5.41, 5.74) is 1.54. The van der Waals surface area contributed by atoms with Gasteiger partial charge in [0, 0.05) is 17.9 Å². The Morgan fingerprint density at radius 1 is 0.931 bits per heavy atom. The highest BCUT2D eigenvalue weighted by Crippen LogP contribution is 2.18. The summed E-state index contributed by atoms with van der Waals surface area (Å²) in [6.45, 7) is 3.95.